The largest absolute Gasteiger partial charge is 0.356 e. The fourth-order valence-corrected chi connectivity index (χ4v) is 2.32. The number of amides is 1. The van der Waals surface area contributed by atoms with Gasteiger partial charge < -0.3 is 9.88 Å². The lowest BCUT2D eigenvalue weighted by molar-refractivity contribution is 0.102. The molecule has 0 saturated heterocycles. The van der Waals surface area contributed by atoms with Crippen molar-refractivity contribution < 1.29 is 4.79 Å². The van der Waals surface area contributed by atoms with E-state index >= 15 is 0 Å². The summed E-state index contributed by atoms with van der Waals surface area (Å²) in [6.45, 7) is 0. The van der Waals surface area contributed by atoms with E-state index in [1.54, 1.807) is 40.8 Å². The molecule has 1 amide bonds. The number of halogens is 1. The smallest absolute Gasteiger partial charge is 0.262 e. The van der Waals surface area contributed by atoms with Crippen LogP contribution in [0, 0.1) is 0 Å². The molecule has 0 unspecified atom stereocenters. The lowest BCUT2D eigenvalue weighted by Gasteiger charge is -2.05. The molecular weight excluding hydrogens is 316 g/mol. The average Bonchev–Trinajstić information content (AvgIpc) is 2.98. The van der Waals surface area contributed by atoms with Crippen molar-refractivity contribution in [2.45, 2.75) is 0 Å². The van der Waals surface area contributed by atoms with Crippen LogP contribution < -0.4 is 10.7 Å². The molecule has 1 aromatic carbocycles. The van der Waals surface area contributed by atoms with E-state index in [1.807, 2.05) is 18.2 Å². The van der Waals surface area contributed by atoms with Gasteiger partial charge in [0.05, 0.1) is 10.7 Å². The maximum atomic E-state index is 12.2. The van der Waals surface area contributed by atoms with E-state index < -0.39 is 5.91 Å². The van der Waals surface area contributed by atoms with Gasteiger partial charge in [0.2, 0.25) is 0 Å². The van der Waals surface area contributed by atoms with Crippen LogP contribution in [0.5, 0.6) is 0 Å². The molecule has 1 N–H and O–H groups in total. The molecule has 0 aliphatic rings. The third-order valence-corrected chi connectivity index (χ3v) is 3.55. The van der Waals surface area contributed by atoms with Crippen molar-refractivity contribution in [1.29, 1.82) is 0 Å². The molecule has 0 saturated carbocycles. The molecule has 6 nitrogen and oxygen atoms in total. The summed E-state index contributed by atoms with van der Waals surface area (Å²) in [6.07, 6.45) is 4.74. The Morgan fingerprint density at radius 1 is 1.17 bits per heavy atom. The summed E-state index contributed by atoms with van der Waals surface area (Å²) in [7, 11) is 1.74. The molecule has 116 valence electrons. The minimum absolute atomic E-state index is 0.0577. The van der Waals surface area contributed by atoms with Crippen molar-refractivity contribution in [2.75, 3.05) is 5.32 Å². The molecule has 0 aliphatic carbocycles. The van der Waals surface area contributed by atoms with Crippen LogP contribution >= 0.6 is 11.6 Å². The van der Waals surface area contributed by atoms with E-state index in [9.17, 15) is 9.59 Å². The Hall–Kier alpha value is -2.86. The van der Waals surface area contributed by atoms with Crippen LogP contribution in [0.4, 0.5) is 5.82 Å². The number of aromatic nitrogens is 3. The predicted molar refractivity (Wildman–Crippen MR) is 88.2 cm³/mol. The number of nitrogens with one attached hydrogen (secondary N) is 1. The molecule has 0 aliphatic heterocycles. The second-order valence-electron chi connectivity index (χ2n) is 4.94. The number of hydrogen-bond donors (Lipinski definition) is 1. The third-order valence-electron chi connectivity index (χ3n) is 3.23. The topological polar surface area (TPSA) is 68.9 Å². The monoisotopic (exact) mass is 328 g/mol. The van der Waals surface area contributed by atoms with Gasteiger partial charge in [-0.1, -0.05) is 23.7 Å². The molecule has 2 heterocycles. The maximum absolute atomic E-state index is 12.2. The number of carbonyl (C=O) groups is 1. The average molecular weight is 329 g/mol. The molecule has 2 aromatic heterocycles. The number of anilines is 1. The number of hydrogen-bond acceptors (Lipinski definition) is 3. The minimum Gasteiger partial charge on any atom is -0.356 e. The van der Waals surface area contributed by atoms with Gasteiger partial charge in [-0.05, 0) is 12.1 Å². The molecular formula is C16H13ClN4O2. The number of carbonyl (C=O) groups excluding carboxylic acids is 1. The Bertz CT molecular complexity index is 930. The lowest BCUT2D eigenvalue weighted by atomic mass is 10.2. The summed E-state index contributed by atoms with van der Waals surface area (Å²) < 4.78 is 3.19. The van der Waals surface area contributed by atoms with E-state index in [1.165, 1.54) is 12.3 Å². The molecule has 0 atom stereocenters. The van der Waals surface area contributed by atoms with Crippen LogP contribution in [-0.4, -0.2) is 20.3 Å². The second kappa shape index (κ2) is 6.10. The van der Waals surface area contributed by atoms with Gasteiger partial charge in [-0.2, -0.15) is 0 Å². The summed E-state index contributed by atoms with van der Waals surface area (Å²) >= 11 is 6.12. The van der Waals surface area contributed by atoms with Gasteiger partial charge in [-0.3, -0.25) is 9.59 Å². The zero-order valence-corrected chi connectivity index (χ0v) is 13.0. The predicted octanol–water partition coefficient (Wildman–Crippen LogP) is 2.48. The Labute approximate surface area is 136 Å². The Morgan fingerprint density at radius 3 is 2.74 bits per heavy atom. The molecule has 0 radical (unpaired) electrons. The summed E-state index contributed by atoms with van der Waals surface area (Å²) in [5.74, 6) is -0.170. The number of benzene rings is 1. The molecule has 0 bridgehead atoms. The first-order valence-corrected chi connectivity index (χ1v) is 7.20. The van der Waals surface area contributed by atoms with Gasteiger partial charge in [0, 0.05) is 37.8 Å². The van der Waals surface area contributed by atoms with Crippen molar-refractivity contribution in [1.82, 2.24) is 14.3 Å². The normalized spacial score (nSPS) is 10.5. The van der Waals surface area contributed by atoms with Gasteiger partial charge >= 0.3 is 0 Å². The zero-order chi connectivity index (χ0) is 16.4. The van der Waals surface area contributed by atoms with E-state index in [4.69, 9.17) is 11.6 Å². The van der Waals surface area contributed by atoms with E-state index in [2.05, 4.69) is 10.4 Å². The fourth-order valence-electron chi connectivity index (χ4n) is 2.10. The number of nitrogens with zero attached hydrogens (tertiary/aromatic N) is 3. The standard InChI is InChI=1S/C16H13ClN4O2/c1-20-8-6-14(22)11(10-20)16(23)18-15-7-9-21(19-15)13-5-3-2-4-12(13)17/h2-10H,1H3,(H,18,19,23). The number of rotatable bonds is 3. The summed E-state index contributed by atoms with van der Waals surface area (Å²) in [4.78, 5) is 24.0. The molecule has 0 fully saturated rings. The molecule has 7 heteroatoms. The second-order valence-corrected chi connectivity index (χ2v) is 5.35. The van der Waals surface area contributed by atoms with Crippen molar-refractivity contribution in [3.8, 4) is 5.69 Å². The zero-order valence-electron chi connectivity index (χ0n) is 12.2. The first-order chi connectivity index (χ1) is 11.0. The van der Waals surface area contributed by atoms with Gasteiger partial charge in [0.25, 0.3) is 5.91 Å². The minimum atomic E-state index is -0.504. The van der Waals surface area contributed by atoms with E-state index in [0.29, 0.717) is 16.5 Å². The molecule has 3 aromatic rings. The number of pyridine rings is 1. The van der Waals surface area contributed by atoms with Crippen molar-refractivity contribution in [2.24, 2.45) is 7.05 Å². The van der Waals surface area contributed by atoms with E-state index in [-0.39, 0.29) is 11.0 Å². The SMILES string of the molecule is Cn1ccc(=O)c(C(=O)Nc2ccn(-c3ccccc3Cl)n2)c1. The van der Waals surface area contributed by atoms with E-state index in [0.717, 1.165) is 0 Å². The van der Waals surface area contributed by atoms with Crippen LogP contribution in [0.15, 0.2) is 59.8 Å². The maximum Gasteiger partial charge on any atom is 0.262 e. The first kappa shape index (κ1) is 15.1. The van der Waals surface area contributed by atoms with Crippen molar-refractivity contribution in [3.63, 3.8) is 0 Å². The molecule has 0 spiro atoms. The van der Waals surface area contributed by atoms with Crippen molar-refractivity contribution in [3.05, 3.63) is 75.8 Å². The molecule has 23 heavy (non-hydrogen) atoms. The van der Waals surface area contributed by atoms with Gasteiger partial charge in [0.15, 0.2) is 11.2 Å². The highest BCUT2D eigenvalue weighted by molar-refractivity contribution is 6.32. The van der Waals surface area contributed by atoms with Crippen LogP contribution in [0.1, 0.15) is 10.4 Å². The van der Waals surface area contributed by atoms with Crippen LogP contribution in [0.3, 0.4) is 0 Å². The van der Waals surface area contributed by atoms with Crippen LogP contribution in [0.2, 0.25) is 5.02 Å². The fraction of sp³-hybridized carbons (Fsp3) is 0.0625. The van der Waals surface area contributed by atoms with Crippen LogP contribution in [-0.2, 0) is 7.05 Å². The Kier molecular flexibility index (Phi) is 3.99. The van der Waals surface area contributed by atoms with Crippen LogP contribution in [0.25, 0.3) is 5.69 Å². The summed E-state index contributed by atoms with van der Waals surface area (Å²) in [5, 5.41) is 7.41. The third kappa shape index (κ3) is 3.17. The molecule has 3 rings (SSSR count). The Morgan fingerprint density at radius 2 is 1.96 bits per heavy atom. The highest BCUT2D eigenvalue weighted by Crippen LogP contribution is 2.20. The first-order valence-electron chi connectivity index (χ1n) is 6.83. The highest BCUT2D eigenvalue weighted by atomic mass is 35.5. The number of para-hydroxylation sites is 1. The quantitative estimate of drug-likeness (QED) is 0.803. The number of aryl methyl sites for hydroxylation is 1. The summed E-state index contributed by atoms with van der Waals surface area (Å²) in [5.41, 5.74) is 0.415. The van der Waals surface area contributed by atoms with Gasteiger partial charge in [-0.25, -0.2) is 4.68 Å². The Balaban J connectivity index is 1.85. The summed E-state index contributed by atoms with van der Waals surface area (Å²) in [6, 6.07) is 10.2. The van der Waals surface area contributed by atoms with Gasteiger partial charge in [-0.15, -0.1) is 5.10 Å². The van der Waals surface area contributed by atoms with Crippen molar-refractivity contribution >= 4 is 23.3 Å². The lowest BCUT2D eigenvalue weighted by Crippen LogP contribution is -2.22. The highest BCUT2D eigenvalue weighted by Gasteiger charge is 2.12. The van der Waals surface area contributed by atoms with Gasteiger partial charge in [0.1, 0.15) is 5.56 Å².